The normalized spacial score (nSPS) is 16.3. The molecule has 0 bridgehead atoms. The standard InChI is InChI=1S/C79H122N2O15/c1-4-7-10-13-16-19-22-25-28-31-43-52-69(82)80-67(55-56-71(84)90-59-63-46-37-34-38-47-63)78(89)93-62-68-76(88)77(96-72(85)54-45-33-30-27-24-21-18-15-12-9-6-3)75(81-70(83)53-44-32-29-26-23-20-17-14-11-8-5-2)79(95-68)94-66(57-73(86)91-60-64-48-39-35-40-49-64)58-74(87)92-61-65-50-41-36-42-51-65/h34-42,46-51,66-68,75-77,79,88H,4-33,43-45,52-62H2,1-3H3,(H,80,82)(H,81,83)/t67-,68-,75-,76-,77-,79-/m1/s1. The predicted octanol–water partition coefficient (Wildman–Crippen LogP) is 16.8. The molecule has 17 nitrogen and oxygen atoms in total. The summed E-state index contributed by atoms with van der Waals surface area (Å²) in [6.07, 6.45) is 26.6. The molecule has 0 unspecified atom stereocenters. The fourth-order valence-corrected chi connectivity index (χ4v) is 11.9. The molecular formula is C79H122N2O15. The van der Waals surface area contributed by atoms with Crippen molar-refractivity contribution < 1.29 is 71.8 Å². The van der Waals surface area contributed by atoms with Gasteiger partial charge in [-0.05, 0) is 42.4 Å². The molecule has 1 fully saturated rings. The van der Waals surface area contributed by atoms with E-state index in [0.717, 1.165) is 93.7 Å². The Bertz CT molecular complexity index is 2460. The SMILES string of the molecule is CCCCCCCCCCCCCC(=O)N[C@H]1[C@H](OC(CC(=O)OCc2ccccc2)CC(=O)OCc2ccccc2)O[C@H](COC(=O)[C@@H](CCC(=O)OCc2ccccc2)NC(=O)CCCCCCCCCCCCC)[C@@H](O)[C@@H]1OC(=O)CCCCCCCCCCCCC. The van der Waals surface area contributed by atoms with Gasteiger partial charge in [0.15, 0.2) is 12.4 Å². The number of nitrogens with one attached hydrogen (secondary N) is 2. The van der Waals surface area contributed by atoms with Gasteiger partial charge >= 0.3 is 29.8 Å². The van der Waals surface area contributed by atoms with Crippen LogP contribution in [-0.4, -0.2) is 96.2 Å². The van der Waals surface area contributed by atoms with Gasteiger partial charge in [-0.25, -0.2) is 4.79 Å². The minimum absolute atomic E-state index is 0.00314. The number of aliphatic hydroxyl groups excluding tert-OH is 1. The Morgan fingerprint density at radius 2 is 0.792 bits per heavy atom. The Morgan fingerprint density at radius 3 is 1.20 bits per heavy atom. The maximum Gasteiger partial charge on any atom is 0.328 e. The van der Waals surface area contributed by atoms with Crippen molar-refractivity contribution in [3.05, 3.63) is 108 Å². The van der Waals surface area contributed by atoms with E-state index in [9.17, 15) is 38.7 Å². The molecule has 1 aliphatic heterocycles. The first-order chi connectivity index (χ1) is 46.9. The number of carbonyl (C=O) groups is 7. The highest BCUT2D eigenvalue weighted by Gasteiger charge is 2.50. The van der Waals surface area contributed by atoms with Gasteiger partial charge in [0.25, 0.3) is 0 Å². The van der Waals surface area contributed by atoms with Gasteiger partial charge in [-0.2, -0.15) is 0 Å². The summed E-state index contributed by atoms with van der Waals surface area (Å²) < 4.78 is 42.3. The highest BCUT2D eigenvalue weighted by molar-refractivity contribution is 5.85. The van der Waals surface area contributed by atoms with Gasteiger partial charge in [-0.15, -0.1) is 0 Å². The van der Waals surface area contributed by atoms with Gasteiger partial charge in [0.05, 0.1) is 18.9 Å². The number of hydrogen-bond donors (Lipinski definition) is 3. The molecule has 4 rings (SSSR count). The summed E-state index contributed by atoms with van der Waals surface area (Å²) >= 11 is 0. The average molecular weight is 1340 g/mol. The van der Waals surface area contributed by atoms with Crippen LogP contribution in [0.2, 0.25) is 0 Å². The molecule has 3 N–H and O–H groups in total. The summed E-state index contributed by atoms with van der Waals surface area (Å²) in [6, 6.07) is 24.6. The molecule has 6 atom stereocenters. The molecule has 1 aliphatic rings. The molecule has 0 aromatic heterocycles. The summed E-state index contributed by atoms with van der Waals surface area (Å²) in [5.41, 5.74) is 2.22. The quantitative estimate of drug-likeness (QED) is 0.0271. The van der Waals surface area contributed by atoms with E-state index in [1.165, 1.54) is 116 Å². The van der Waals surface area contributed by atoms with Gasteiger partial charge in [0.1, 0.15) is 50.7 Å². The van der Waals surface area contributed by atoms with Crippen LogP contribution in [0.1, 0.15) is 294 Å². The van der Waals surface area contributed by atoms with Crippen LogP contribution >= 0.6 is 0 Å². The van der Waals surface area contributed by atoms with Crippen molar-refractivity contribution in [1.29, 1.82) is 0 Å². The summed E-state index contributed by atoms with van der Waals surface area (Å²) in [7, 11) is 0. The molecule has 96 heavy (non-hydrogen) atoms. The molecule has 1 heterocycles. The lowest BCUT2D eigenvalue weighted by molar-refractivity contribution is -0.286. The fraction of sp³-hybridized carbons (Fsp3) is 0.684. The lowest BCUT2D eigenvalue weighted by Gasteiger charge is -2.44. The van der Waals surface area contributed by atoms with Gasteiger partial charge in [0.2, 0.25) is 11.8 Å². The van der Waals surface area contributed by atoms with Crippen molar-refractivity contribution >= 4 is 41.7 Å². The Morgan fingerprint density at radius 1 is 0.427 bits per heavy atom. The van der Waals surface area contributed by atoms with Crippen molar-refractivity contribution in [2.45, 2.75) is 340 Å². The first-order valence-electron chi connectivity index (χ1n) is 37.4. The third-order valence-electron chi connectivity index (χ3n) is 17.8. The highest BCUT2D eigenvalue weighted by Crippen LogP contribution is 2.29. The number of amides is 2. The zero-order chi connectivity index (χ0) is 68.9. The Hall–Kier alpha value is -6.17. The summed E-state index contributed by atoms with van der Waals surface area (Å²) in [6.45, 7) is 5.82. The first-order valence-corrected chi connectivity index (χ1v) is 37.4. The second kappa shape index (κ2) is 53.8. The number of ether oxygens (including phenoxy) is 7. The molecule has 3 aromatic rings. The minimum atomic E-state index is -1.75. The Balaban J connectivity index is 1.61. The third kappa shape index (κ3) is 39.3. The maximum absolute atomic E-state index is 14.4. The largest absolute Gasteiger partial charge is 0.461 e. The molecule has 538 valence electrons. The van der Waals surface area contributed by atoms with Crippen LogP contribution in [0.25, 0.3) is 0 Å². The van der Waals surface area contributed by atoms with E-state index < -0.39 is 104 Å². The van der Waals surface area contributed by atoms with Gasteiger partial charge in [0, 0.05) is 25.7 Å². The highest BCUT2D eigenvalue weighted by atomic mass is 16.7. The number of unbranched alkanes of at least 4 members (excludes halogenated alkanes) is 30. The van der Waals surface area contributed by atoms with Crippen molar-refractivity contribution in [3.8, 4) is 0 Å². The van der Waals surface area contributed by atoms with Gasteiger partial charge < -0.3 is 48.9 Å². The van der Waals surface area contributed by atoms with Crippen LogP contribution < -0.4 is 10.6 Å². The minimum Gasteiger partial charge on any atom is -0.461 e. The Kier molecular flexibility index (Phi) is 46.1. The molecular weight excluding hydrogens is 1220 g/mol. The monoisotopic (exact) mass is 1340 g/mol. The summed E-state index contributed by atoms with van der Waals surface area (Å²) in [5, 5.41) is 18.2. The molecule has 1 saturated heterocycles. The molecule has 0 saturated carbocycles. The van der Waals surface area contributed by atoms with Crippen LogP contribution in [0.5, 0.6) is 0 Å². The fourth-order valence-electron chi connectivity index (χ4n) is 11.9. The lowest BCUT2D eigenvalue weighted by atomic mass is 9.95. The van der Waals surface area contributed by atoms with Crippen molar-refractivity contribution in [1.82, 2.24) is 10.6 Å². The Labute approximate surface area is 576 Å². The van der Waals surface area contributed by atoms with E-state index in [4.69, 9.17) is 33.2 Å². The zero-order valence-corrected chi connectivity index (χ0v) is 59.0. The molecule has 0 radical (unpaired) electrons. The second-order valence-electron chi connectivity index (χ2n) is 26.3. The third-order valence-corrected chi connectivity index (χ3v) is 17.8. The van der Waals surface area contributed by atoms with Crippen molar-refractivity contribution in [2.75, 3.05) is 6.61 Å². The van der Waals surface area contributed by atoms with E-state index in [2.05, 4.69) is 31.4 Å². The van der Waals surface area contributed by atoms with E-state index in [-0.39, 0.29) is 51.9 Å². The topological polar surface area (TPSA) is 228 Å². The van der Waals surface area contributed by atoms with E-state index in [0.29, 0.717) is 19.3 Å². The van der Waals surface area contributed by atoms with E-state index >= 15 is 0 Å². The predicted molar refractivity (Wildman–Crippen MR) is 375 cm³/mol. The average Bonchev–Trinajstić information content (AvgIpc) is 0.796. The zero-order valence-electron chi connectivity index (χ0n) is 59.0. The second-order valence-corrected chi connectivity index (χ2v) is 26.3. The smallest absolute Gasteiger partial charge is 0.328 e. The number of carbonyl (C=O) groups excluding carboxylic acids is 7. The molecule has 0 spiro atoms. The number of hydrogen-bond acceptors (Lipinski definition) is 15. The maximum atomic E-state index is 14.4. The molecule has 3 aromatic carbocycles. The number of benzene rings is 3. The van der Waals surface area contributed by atoms with Crippen LogP contribution in [0, 0.1) is 0 Å². The molecule has 17 heteroatoms. The van der Waals surface area contributed by atoms with Gasteiger partial charge in [-0.3, -0.25) is 28.8 Å². The summed E-state index contributed by atoms with van der Waals surface area (Å²) in [4.78, 5) is 97.3. The van der Waals surface area contributed by atoms with Crippen molar-refractivity contribution in [3.63, 3.8) is 0 Å². The van der Waals surface area contributed by atoms with Crippen LogP contribution in [0.4, 0.5) is 0 Å². The van der Waals surface area contributed by atoms with E-state index in [1.807, 2.05) is 66.7 Å². The number of esters is 5. The number of rotatable bonds is 57. The molecule has 0 aliphatic carbocycles. The first kappa shape index (κ1) is 82.3. The van der Waals surface area contributed by atoms with Crippen LogP contribution in [0.15, 0.2) is 91.0 Å². The lowest BCUT2D eigenvalue weighted by Crippen LogP contribution is -2.66. The number of aliphatic hydroxyl groups is 1. The summed E-state index contributed by atoms with van der Waals surface area (Å²) in [5.74, 6) is -4.48. The van der Waals surface area contributed by atoms with Gasteiger partial charge in [-0.1, -0.05) is 304 Å². The van der Waals surface area contributed by atoms with E-state index in [1.54, 1.807) is 24.3 Å². The van der Waals surface area contributed by atoms with Crippen LogP contribution in [0.3, 0.4) is 0 Å². The molecule has 2 amide bonds. The van der Waals surface area contributed by atoms with Crippen molar-refractivity contribution in [2.24, 2.45) is 0 Å². The van der Waals surface area contributed by atoms with Crippen LogP contribution in [-0.2, 0) is 86.5 Å².